The molecule has 0 amide bonds. The summed E-state index contributed by atoms with van der Waals surface area (Å²) in [5, 5.41) is 9.82. The van der Waals surface area contributed by atoms with Gasteiger partial charge in [0.15, 0.2) is 0 Å². The summed E-state index contributed by atoms with van der Waals surface area (Å²) in [5.41, 5.74) is 1.52. The normalized spacial score (nSPS) is 10.1. The van der Waals surface area contributed by atoms with Crippen LogP contribution in [0.25, 0.3) is 0 Å². The molecule has 76 valence electrons. The summed E-state index contributed by atoms with van der Waals surface area (Å²) >= 11 is 4.27. The molecule has 1 rings (SSSR count). The third-order valence-corrected chi connectivity index (χ3v) is 2.56. The van der Waals surface area contributed by atoms with Crippen molar-refractivity contribution in [3.05, 3.63) is 23.3 Å². The Hall–Kier alpha value is -0.960. The van der Waals surface area contributed by atoms with Crippen molar-refractivity contribution in [3.8, 4) is 5.75 Å². The summed E-state index contributed by atoms with van der Waals surface area (Å²) in [7, 11) is 0. The highest BCUT2D eigenvalue weighted by Gasteiger charge is 2.09. The molecule has 0 saturated carbocycles. The molecule has 0 fully saturated rings. The van der Waals surface area contributed by atoms with Gasteiger partial charge in [0, 0.05) is 22.4 Å². The Morgan fingerprint density at radius 2 is 2.21 bits per heavy atom. The fraction of sp³-hybridized carbons (Fsp3) is 0.364. The molecule has 0 aliphatic rings. The number of hydrogen-bond donors (Lipinski definition) is 2. The van der Waals surface area contributed by atoms with E-state index in [0.29, 0.717) is 5.56 Å². The van der Waals surface area contributed by atoms with Crippen LogP contribution in [0.2, 0.25) is 0 Å². The van der Waals surface area contributed by atoms with Gasteiger partial charge in [0.2, 0.25) is 0 Å². The molecule has 0 aliphatic carbocycles. The number of aldehydes is 1. The average Bonchev–Trinajstić information content (AvgIpc) is 2.17. The summed E-state index contributed by atoms with van der Waals surface area (Å²) in [6, 6.07) is 3.57. The summed E-state index contributed by atoms with van der Waals surface area (Å²) in [4.78, 5) is 11.1. The molecule has 0 radical (unpaired) electrons. The highest BCUT2D eigenvalue weighted by molar-refractivity contribution is 7.80. The summed E-state index contributed by atoms with van der Waals surface area (Å²) in [6.45, 7) is 2.04. The van der Waals surface area contributed by atoms with Crippen LogP contribution in [0.1, 0.15) is 24.5 Å². The molecular weight excluding hydrogens is 196 g/mol. The maximum absolute atomic E-state index is 10.4. The SMILES string of the molecule is CCCc1c(S)ccc(CC=O)c1O. The van der Waals surface area contributed by atoms with Gasteiger partial charge in [-0.15, -0.1) is 12.6 Å². The molecule has 0 spiro atoms. The highest BCUT2D eigenvalue weighted by Crippen LogP contribution is 2.29. The second kappa shape index (κ2) is 5.05. The predicted molar refractivity (Wildman–Crippen MR) is 59.1 cm³/mol. The van der Waals surface area contributed by atoms with E-state index in [4.69, 9.17) is 0 Å². The maximum atomic E-state index is 10.4. The van der Waals surface area contributed by atoms with Gasteiger partial charge in [-0.25, -0.2) is 0 Å². The largest absolute Gasteiger partial charge is 0.507 e. The van der Waals surface area contributed by atoms with Crippen LogP contribution in [-0.2, 0) is 17.6 Å². The number of carbonyl (C=O) groups excluding carboxylic acids is 1. The van der Waals surface area contributed by atoms with Gasteiger partial charge in [0.25, 0.3) is 0 Å². The van der Waals surface area contributed by atoms with E-state index in [-0.39, 0.29) is 12.2 Å². The molecule has 14 heavy (non-hydrogen) atoms. The Morgan fingerprint density at radius 1 is 1.50 bits per heavy atom. The zero-order valence-corrected chi connectivity index (χ0v) is 9.05. The number of phenols is 1. The Kier molecular flexibility index (Phi) is 4.01. The van der Waals surface area contributed by atoms with Gasteiger partial charge < -0.3 is 9.90 Å². The standard InChI is InChI=1S/C11H14O2S/c1-2-3-9-10(14)5-4-8(6-7-12)11(9)13/h4-5,7,13-14H,2-3,6H2,1H3. The lowest BCUT2D eigenvalue weighted by Gasteiger charge is -2.09. The molecule has 0 aliphatic heterocycles. The maximum Gasteiger partial charge on any atom is 0.124 e. The molecule has 1 aromatic carbocycles. The zero-order chi connectivity index (χ0) is 10.6. The highest BCUT2D eigenvalue weighted by atomic mass is 32.1. The molecule has 0 bridgehead atoms. The van der Waals surface area contributed by atoms with Crippen LogP contribution in [0.4, 0.5) is 0 Å². The zero-order valence-electron chi connectivity index (χ0n) is 8.16. The molecular formula is C11H14O2S. The Labute approximate surface area is 89.4 Å². The van der Waals surface area contributed by atoms with Gasteiger partial charge in [-0.3, -0.25) is 0 Å². The van der Waals surface area contributed by atoms with E-state index in [1.807, 2.05) is 13.0 Å². The smallest absolute Gasteiger partial charge is 0.124 e. The minimum atomic E-state index is 0.228. The fourth-order valence-electron chi connectivity index (χ4n) is 1.43. The summed E-state index contributed by atoms with van der Waals surface area (Å²) in [5.74, 6) is 0.228. The van der Waals surface area contributed by atoms with Crippen molar-refractivity contribution in [1.29, 1.82) is 0 Å². The number of carbonyl (C=O) groups is 1. The summed E-state index contributed by atoms with van der Waals surface area (Å²) < 4.78 is 0. The van der Waals surface area contributed by atoms with Crippen LogP contribution in [0.5, 0.6) is 5.75 Å². The Morgan fingerprint density at radius 3 is 2.79 bits per heavy atom. The second-order valence-electron chi connectivity index (χ2n) is 3.19. The molecule has 1 N–H and O–H groups in total. The van der Waals surface area contributed by atoms with Crippen molar-refractivity contribution in [3.63, 3.8) is 0 Å². The van der Waals surface area contributed by atoms with Crippen molar-refractivity contribution in [2.75, 3.05) is 0 Å². The Balaban J connectivity index is 3.11. The van der Waals surface area contributed by atoms with Gasteiger partial charge in [0.05, 0.1) is 0 Å². The van der Waals surface area contributed by atoms with E-state index < -0.39 is 0 Å². The first-order chi connectivity index (χ1) is 6.70. The lowest BCUT2D eigenvalue weighted by Crippen LogP contribution is -1.93. The van der Waals surface area contributed by atoms with E-state index in [9.17, 15) is 9.90 Å². The van der Waals surface area contributed by atoms with Crippen LogP contribution in [-0.4, -0.2) is 11.4 Å². The lowest BCUT2D eigenvalue weighted by atomic mass is 10.0. The minimum Gasteiger partial charge on any atom is -0.507 e. The molecule has 0 unspecified atom stereocenters. The lowest BCUT2D eigenvalue weighted by molar-refractivity contribution is -0.107. The first-order valence-electron chi connectivity index (χ1n) is 4.67. The van der Waals surface area contributed by atoms with Crippen molar-refractivity contribution >= 4 is 18.9 Å². The van der Waals surface area contributed by atoms with Crippen molar-refractivity contribution in [1.82, 2.24) is 0 Å². The van der Waals surface area contributed by atoms with Crippen LogP contribution >= 0.6 is 12.6 Å². The van der Waals surface area contributed by atoms with Crippen molar-refractivity contribution in [2.24, 2.45) is 0 Å². The second-order valence-corrected chi connectivity index (χ2v) is 3.67. The molecule has 0 atom stereocenters. The number of benzene rings is 1. The van der Waals surface area contributed by atoms with E-state index in [1.165, 1.54) is 0 Å². The minimum absolute atomic E-state index is 0.228. The average molecular weight is 210 g/mol. The van der Waals surface area contributed by atoms with Gasteiger partial charge in [0.1, 0.15) is 12.0 Å². The predicted octanol–water partition coefficient (Wildman–Crippen LogP) is 2.37. The first-order valence-corrected chi connectivity index (χ1v) is 5.11. The van der Waals surface area contributed by atoms with E-state index >= 15 is 0 Å². The van der Waals surface area contributed by atoms with Crippen LogP contribution in [0.15, 0.2) is 17.0 Å². The van der Waals surface area contributed by atoms with Crippen LogP contribution in [0, 0.1) is 0 Å². The third kappa shape index (κ3) is 2.29. The monoisotopic (exact) mass is 210 g/mol. The summed E-state index contributed by atoms with van der Waals surface area (Å²) in [6.07, 6.45) is 2.79. The number of thiol groups is 1. The van der Waals surface area contributed by atoms with Gasteiger partial charge in [-0.1, -0.05) is 19.4 Å². The number of hydrogen-bond acceptors (Lipinski definition) is 3. The molecule has 3 heteroatoms. The van der Waals surface area contributed by atoms with Crippen LogP contribution < -0.4 is 0 Å². The van der Waals surface area contributed by atoms with Crippen molar-refractivity contribution < 1.29 is 9.90 Å². The molecule has 0 saturated heterocycles. The van der Waals surface area contributed by atoms with Gasteiger partial charge in [-0.05, 0) is 12.5 Å². The molecule has 0 aromatic heterocycles. The number of rotatable bonds is 4. The van der Waals surface area contributed by atoms with E-state index in [2.05, 4.69) is 12.6 Å². The van der Waals surface area contributed by atoms with E-state index in [1.54, 1.807) is 6.07 Å². The quantitative estimate of drug-likeness (QED) is 0.591. The van der Waals surface area contributed by atoms with Gasteiger partial charge >= 0.3 is 0 Å². The Bertz CT molecular complexity index is 334. The van der Waals surface area contributed by atoms with Crippen molar-refractivity contribution in [2.45, 2.75) is 31.1 Å². The topological polar surface area (TPSA) is 37.3 Å². The van der Waals surface area contributed by atoms with Crippen LogP contribution in [0.3, 0.4) is 0 Å². The molecule has 0 heterocycles. The van der Waals surface area contributed by atoms with E-state index in [0.717, 1.165) is 29.6 Å². The number of aromatic hydroxyl groups is 1. The molecule has 1 aromatic rings. The van der Waals surface area contributed by atoms with Gasteiger partial charge in [-0.2, -0.15) is 0 Å². The third-order valence-electron chi connectivity index (χ3n) is 2.14. The first kappa shape index (κ1) is 11.1. The molecule has 2 nitrogen and oxygen atoms in total. The fourth-order valence-corrected chi connectivity index (χ4v) is 1.72. The number of phenolic OH excluding ortho intramolecular Hbond substituents is 1.